The zero-order valence-electron chi connectivity index (χ0n) is 9.82. The second kappa shape index (κ2) is 7.05. The van der Waals surface area contributed by atoms with Crippen LogP contribution in [-0.4, -0.2) is 55.4 Å². The summed E-state index contributed by atoms with van der Waals surface area (Å²) in [5.41, 5.74) is 10.9. The Bertz CT molecular complexity index is 223. The Balaban J connectivity index is 4.30. The first kappa shape index (κ1) is 13.7. The molecular weight excluding hydrogens is 192 g/mol. The Morgan fingerprint density at radius 3 is 2.20 bits per heavy atom. The molecule has 0 aliphatic heterocycles. The number of guanidine groups is 2. The molecule has 0 heterocycles. The molecule has 0 unspecified atom stereocenters. The lowest BCUT2D eigenvalue weighted by molar-refractivity contribution is 0.327. The second-order valence-electron chi connectivity index (χ2n) is 3.65. The summed E-state index contributed by atoms with van der Waals surface area (Å²) >= 11 is 0. The molecule has 0 bridgehead atoms. The van der Waals surface area contributed by atoms with Crippen molar-refractivity contribution in [3.8, 4) is 0 Å². The molecule has 6 heteroatoms. The van der Waals surface area contributed by atoms with E-state index in [1.165, 1.54) is 0 Å². The fourth-order valence-electron chi connectivity index (χ4n) is 1.13. The molecular formula is C9H22N6. The van der Waals surface area contributed by atoms with Gasteiger partial charge in [0.25, 0.3) is 0 Å². The molecule has 0 radical (unpaired) electrons. The van der Waals surface area contributed by atoms with E-state index < -0.39 is 0 Å². The van der Waals surface area contributed by atoms with Crippen molar-refractivity contribution < 1.29 is 0 Å². The van der Waals surface area contributed by atoms with Gasteiger partial charge in [0.2, 0.25) is 5.96 Å². The van der Waals surface area contributed by atoms with E-state index in [0.717, 1.165) is 26.1 Å². The maximum absolute atomic E-state index is 7.04. The normalized spacial score (nSPS) is 11.9. The lowest BCUT2D eigenvalue weighted by Gasteiger charge is -2.24. The Kier molecular flexibility index (Phi) is 6.44. The van der Waals surface area contributed by atoms with Crippen molar-refractivity contribution in [2.75, 3.05) is 33.7 Å². The van der Waals surface area contributed by atoms with Crippen molar-refractivity contribution in [1.82, 2.24) is 9.80 Å². The van der Waals surface area contributed by atoms with E-state index in [1.54, 1.807) is 0 Å². The fraction of sp³-hybridized carbons (Fsp3) is 0.778. The van der Waals surface area contributed by atoms with Crippen LogP contribution in [0.5, 0.6) is 0 Å². The highest BCUT2D eigenvalue weighted by Gasteiger charge is 2.07. The number of nitrogens with one attached hydrogen (secondary N) is 1. The highest BCUT2D eigenvalue weighted by atomic mass is 15.3. The van der Waals surface area contributed by atoms with Crippen LogP contribution in [0.3, 0.4) is 0 Å². The molecule has 0 amide bonds. The number of hydrogen-bond donors (Lipinski definition) is 3. The Hall–Kier alpha value is -1.30. The van der Waals surface area contributed by atoms with Gasteiger partial charge in [0.1, 0.15) is 0 Å². The Morgan fingerprint density at radius 1 is 1.20 bits per heavy atom. The molecule has 88 valence electrons. The molecule has 0 rings (SSSR count). The topological polar surface area (TPSA) is 94.7 Å². The van der Waals surface area contributed by atoms with Crippen LogP contribution in [-0.2, 0) is 0 Å². The summed E-state index contributed by atoms with van der Waals surface area (Å²) in [7, 11) is 4.00. The van der Waals surface area contributed by atoms with Gasteiger partial charge in [-0.25, -0.2) is 0 Å². The summed E-state index contributed by atoms with van der Waals surface area (Å²) in [5, 5.41) is 7.04. The van der Waals surface area contributed by atoms with Gasteiger partial charge in [0.15, 0.2) is 5.96 Å². The summed E-state index contributed by atoms with van der Waals surface area (Å²) < 4.78 is 0. The van der Waals surface area contributed by atoms with E-state index in [4.69, 9.17) is 16.9 Å². The number of rotatable bonds is 5. The molecule has 0 saturated carbocycles. The number of likely N-dealkylation sites (N-methyl/N-ethyl adjacent to an activating group) is 1. The minimum atomic E-state index is -0.251. The van der Waals surface area contributed by atoms with Gasteiger partial charge in [-0.2, -0.15) is 4.99 Å². The van der Waals surface area contributed by atoms with E-state index >= 15 is 0 Å². The van der Waals surface area contributed by atoms with Crippen LogP contribution in [0, 0.1) is 5.41 Å². The van der Waals surface area contributed by atoms with Gasteiger partial charge >= 0.3 is 0 Å². The molecule has 0 spiro atoms. The van der Waals surface area contributed by atoms with Crippen molar-refractivity contribution in [3.63, 3.8) is 0 Å². The maximum Gasteiger partial charge on any atom is 0.215 e. The average molecular weight is 214 g/mol. The Morgan fingerprint density at radius 2 is 1.80 bits per heavy atom. The van der Waals surface area contributed by atoms with Crippen molar-refractivity contribution in [2.24, 2.45) is 16.5 Å². The van der Waals surface area contributed by atoms with E-state index in [-0.39, 0.29) is 5.96 Å². The molecule has 0 aromatic rings. The molecule has 5 N–H and O–H groups in total. The molecule has 0 aromatic carbocycles. The predicted molar refractivity (Wildman–Crippen MR) is 64.0 cm³/mol. The van der Waals surface area contributed by atoms with Gasteiger partial charge in [0.05, 0.1) is 0 Å². The highest BCUT2D eigenvalue weighted by molar-refractivity contribution is 5.91. The minimum absolute atomic E-state index is 0.251. The van der Waals surface area contributed by atoms with Gasteiger partial charge in [-0.05, 0) is 20.5 Å². The molecule has 0 aliphatic rings. The van der Waals surface area contributed by atoms with Crippen LogP contribution in [0.4, 0.5) is 0 Å². The highest BCUT2D eigenvalue weighted by Crippen LogP contribution is 1.92. The van der Waals surface area contributed by atoms with E-state index in [0.29, 0.717) is 5.96 Å². The van der Waals surface area contributed by atoms with Gasteiger partial charge in [-0.3, -0.25) is 5.41 Å². The van der Waals surface area contributed by atoms with Crippen LogP contribution >= 0.6 is 0 Å². The second-order valence-corrected chi connectivity index (χ2v) is 3.65. The summed E-state index contributed by atoms with van der Waals surface area (Å²) in [6.45, 7) is 4.59. The number of nitrogens with two attached hydrogens (primary N) is 2. The summed E-state index contributed by atoms with van der Waals surface area (Å²) in [6.07, 6.45) is 0.988. The first-order valence-electron chi connectivity index (χ1n) is 5.05. The fourth-order valence-corrected chi connectivity index (χ4v) is 1.13. The van der Waals surface area contributed by atoms with Crippen LogP contribution in [0.15, 0.2) is 4.99 Å². The zero-order valence-corrected chi connectivity index (χ0v) is 9.82. The quantitative estimate of drug-likeness (QED) is 0.423. The first-order valence-corrected chi connectivity index (χ1v) is 5.05. The smallest absolute Gasteiger partial charge is 0.215 e. The zero-order chi connectivity index (χ0) is 11.8. The predicted octanol–water partition coefficient (Wildman–Crippen LogP) is -0.532. The third-order valence-corrected chi connectivity index (χ3v) is 1.87. The molecule has 0 aromatic heterocycles. The van der Waals surface area contributed by atoms with Crippen LogP contribution in [0.25, 0.3) is 0 Å². The lowest BCUT2D eigenvalue weighted by Crippen LogP contribution is -2.42. The summed E-state index contributed by atoms with van der Waals surface area (Å²) in [5.74, 6) is 0.0738. The molecule has 15 heavy (non-hydrogen) atoms. The molecule has 6 nitrogen and oxygen atoms in total. The summed E-state index contributed by atoms with van der Waals surface area (Å²) in [6, 6.07) is 0. The van der Waals surface area contributed by atoms with Crippen LogP contribution < -0.4 is 11.5 Å². The summed E-state index contributed by atoms with van der Waals surface area (Å²) in [4.78, 5) is 7.74. The van der Waals surface area contributed by atoms with Gasteiger partial charge in [-0.1, -0.05) is 6.92 Å². The van der Waals surface area contributed by atoms with Gasteiger partial charge < -0.3 is 21.3 Å². The van der Waals surface area contributed by atoms with Crippen molar-refractivity contribution in [1.29, 1.82) is 5.41 Å². The van der Waals surface area contributed by atoms with E-state index in [9.17, 15) is 0 Å². The van der Waals surface area contributed by atoms with E-state index in [2.05, 4.69) is 16.8 Å². The third kappa shape index (κ3) is 6.73. The average Bonchev–Trinajstić information content (AvgIpc) is 2.10. The number of nitrogens with zero attached hydrogens (tertiary/aromatic N) is 3. The molecule has 0 aliphatic carbocycles. The lowest BCUT2D eigenvalue weighted by atomic mass is 10.4. The van der Waals surface area contributed by atoms with Crippen LogP contribution in [0.2, 0.25) is 0 Å². The van der Waals surface area contributed by atoms with E-state index in [1.807, 2.05) is 19.0 Å². The van der Waals surface area contributed by atoms with Crippen molar-refractivity contribution >= 4 is 11.9 Å². The van der Waals surface area contributed by atoms with Gasteiger partial charge in [0, 0.05) is 19.6 Å². The van der Waals surface area contributed by atoms with Crippen LogP contribution in [0.1, 0.15) is 13.3 Å². The largest absolute Gasteiger partial charge is 0.369 e. The Labute approximate surface area is 91.4 Å². The first-order chi connectivity index (χ1) is 6.97. The third-order valence-electron chi connectivity index (χ3n) is 1.87. The van der Waals surface area contributed by atoms with Gasteiger partial charge in [-0.15, -0.1) is 0 Å². The molecule has 0 saturated heterocycles. The maximum atomic E-state index is 7.04. The van der Waals surface area contributed by atoms with Crippen molar-refractivity contribution in [2.45, 2.75) is 13.3 Å². The monoisotopic (exact) mass is 214 g/mol. The standard InChI is InChI=1S/C9H22N6/c1-4-5-15(7-6-14(2)3)9(12)13-8(10)11/h4-7H2,1-3H3,(H5,10,11,12,13). The number of aliphatic imine (C=N–C) groups is 1. The number of hydrogen-bond acceptors (Lipinski definition) is 2. The minimum Gasteiger partial charge on any atom is -0.369 e. The molecule has 0 atom stereocenters. The molecule has 0 fully saturated rings. The SMILES string of the molecule is CCCN(CCN(C)C)/C(N)=N/C(=N)N. The van der Waals surface area contributed by atoms with Crippen molar-refractivity contribution in [3.05, 3.63) is 0 Å².